The van der Waals surface area contributed by atoms with Gasteiger partial charge in [-0.05, 0) is 25.8 Å². The van der Waals surface area contributed by atoms with E-state index >= 15 is 0 Å². The Kier molecular flexibility index (Phi) is 4.14. The Hall–Kier alpha value is -1.18. The number of thiophene rings is 1. The van der Waals surface area contributed by atoms with Crippen molar-refractivity contribution in [3.8, 4) is 10.6 Å². The van der Waals surface area contributed by atoms with Crippen molar-refractivity contribution in [2.45, 2.75) is 50.0 Å². The van der Waals surface area contributed by atoms with Crippen LogP contribution in [0.15, 0.2) is 27.7 Å². The molecule has 114 valence electrons. The summed E-state index contributed by atoms with van der Waals surface area (Å²) in [6, 6.07) is 3.47. The molecule has 0 unspecified atom stereocenters. The Morgan fingerprint density at radius 3 is 2.76 bits per heavy atom. The van der Waals surface area contributed by atoms with E-state index in [9.17, 15) is 8.42 Å². The van der Waals surface area contributed by atoms with Gasteiger partial charge < -0.3 is 4.52 Å². The van der Waals surface area contributed by atoms with Gasteiger partial charge in [0.2, 0.25) is 10.0 Å². The summed E-state index contributed by atoms with van der Waals surface area (Å²) in [5, 5.41) is 3.66. The molecule has 0 bridgehead atoms. The molecular weight excluding hydrogens is 308 g/mol. The number of aryl methyl sites for hydroxylation is 1. The molecule has 1 saturated carbocycles. The van der Waals surface area contributed by atoms with E-state index < -0.39 is 10.0 Å². The zero-order chi connectivity index (χ0) is 14.9. The van der Waals surface area contributed by atoms with Gasteiger partial charge in [0.15, 0.2) is 5.76 Å². The van der Waals surface area contributed by atoms with E-state index in [1.54, 1.807) is 18.3 Å². The van der Waals surface area contributed by atoms with Crippen LogP contribution in [-0.2, 0) is 10.0 Å². The first-order valence-corrected chi connectivity index (χ1v) is 9.40. The van der Waals surface area contributed by atoms with E-state index in [1.165, 1.54) is 17.8 Å². The monoisotopic (exact) mass is 326 g/mol. The molecule has 1 N–H and O–H groups in total. The fraction of sp³-hybridized carbons (Fsp3) is 0.500. The summed E-state index contributed by atoms with van der Waals surface area (Å²) in [6.45, 7) is 1.82. The maximum absolute atomic E-state index is 12.6. The lowest BCUT2D eigenvalue weighted by atomic mass is 9.96. The van der Waals surface area contributed by atoms with Crippen LogP contribution in [0.4, 0.5) is 0 Å². The lowest BCUT2D eigenvalue weighted by Gasteiger charge is -2.22. The molecule has 0 aliphatic heterocycles. The van der Waals surface area contributed by atoms with Crippen LogP contribution in [0.2, 0.25) is 0 Å². The smallest absolute Gasteiger partial charge is 0.241 e. The molecule has 1 aliphatic rings. The summed E-state index contributed by atoms with van der Waals surface area (Å²) in [5.41, 5.74) is 0. The second kappa shape index (κ2) is 5.90. The summed E-state index contributed by atoms with van der Waals surface area (Å²) in [5.74, 6) is 0.599. The quantitative estimate of drug-likeness (QED) is 0.935. The first-order chi connectivity index (χ1) is 10.1. The Morgan fingerprint density at radius 1 is 1.33 bits per heavy atom. The lowest BCUT2D eigenvalue weighted by Crippen LogP contribution is -2.36. The van der Waals surface area contributed by atoms with Crippen LogP contribution in [0, 0.1) is 6.92 Å². The summed E-state index contributed by atoms with van der Waals surface area (Å²) in [7, 11) is -3.46. The molecule has 1 fully saturated rings. The van der Waals surface area contributed by atoms with Gasteiger partial charge >= 0.3 is 0 Å². The lowest BCUT2D eigenvalue weighted by molar-refractivity contribution is 0.412. The number of aromatic nitrogens is 1. The van der Waals surface area contributed by atoms with Crippen LogP contribution in [0.3, 0.4) is 0 Å². The largest absolute Gasteiger partial charge is 0.355 e. The summed E-state index contributed by atoms with van der Waals surface area (Å²) in [4.78, 5) is 1.91. The molecule has 0 atom stereocenters. The van der Waals surface area contributed by atoms with Gasteiger partial charge in [-0.3, -0.25) is 0 Å². The average Bonchev–Trinajstić information content (AvgIpc) is 3.08. The van der Waals surface area contributed by atoms with E-state index in [4.69, 9.17) is 4.52 Å². The van der Waals surface area contributed by atoms with E-state index in [-0.39, 0.29) is 6.04 Å². The highest BCUT2D eigenvalue weighted by Gasteiger charge is 2.25. The van der Waals surface area contributed by atoms with E-state index in [2.05, 4.69) is 9.88 Å². The van der Waals surface area contributed by atoms with Crippen molar-refractivity contribution in [3.05, 3.63) is 23.2 Å². The number of nitrogens with one attached hydrogen (secondary N) is 1. The number of hydrogen-bond acceptors (Lipinski definition) is 5. The Labute approximate surface area is 128 Å². The van der Waals surface area contributed by atoms with Crippen LogP contribution < -0.4 is 4.72 Å². The highest BCUT2D eigenvalue weighted by molar-refractivity contribution is 7.89. The maximum atomic E-state index is 12.6. The number of rotatable bonds is 4. The highest BCUT2D eigenvalue weighted by atomic mass is 32.2. The van der Waals surface area contributed by atoms with E-state index in [1.807, 2.05) is 6.92 Å². The second-order valence-electron chi connectivity index (χ2n) is 5.36. The summed E-state index contributed by atoms with van der Waals surface area (Å²) < 4.78 is 33.0. The van der Waals surface area contributed by atoms with Crippen molar-refractivity contribution in [2.24, 2.45) is 0 Å². The minimum absolute atomic E-state index is 0.0665. The summed E-state index contributed by atoms with van der Waals surface area (Å²) >= 11 is 1.41. The first kappa shape index (κ1) is 14.7. The van der Waals surface area contributed by atoms with Crippen LogP contribution >= 0.6 is 11.3 Å². The Morgan fingerprint density at radius 2 is 2.10 bits per heavy atom. The van der Waals surface area contributed by atoms with Crippen LogP contribution in [0.1, 0.15) is 37.0 Å². The molecule has 0 spiro atoms. The molecule has 0 saturated heterocycles. The van der Waals surface area contributed by atoms with Gasteiger partial charge in [0.1, 0.15) is 0 Å². The Balaban J connectivity index is 1.85. The third-order valence-electron chi connectivity index (χ3n) is 3.77. The Bertz CT molecular complexity index is 699. The van der Waals surface area contributed by atoms with Crippen molar-refractivity contribution in [2.75, 3.05) is 0 Å². The molecule has 2 aromatic heterocycles. The predicted octanol–water partition coefficient (Wildman–Crippen LogP) is 3.32. The zero-order valence-electron chi connectivity index (χ0n) is 11.8. The normalized spacial score (nSPS) is 17.2. The van der Waals surface area contributed by atoms with Gasteiger partial charge in [0.25, 0.3) is 0 Å². The topological polar surface area (TPSA) is 72.2 Å². The molecule has 2 aromatic rings. The van der Waals surface area contributed by atoms with Crippen LogP contribution in [-0.4, -0.2) is 19.6 Å². The van der Waals surface area contributed by atoms with Gasteiger partial charge in [0, 0.05) is 17.0 Å². The number of hydrogen-bond donors (Lipinski definition) is 1. The fourth-order valence-electron chi connectivity index (χ4n) is 2.70. The fourth-order valence-corrected chi connectivity index (χ4v) is 5.55. The van der Waals surface area contributed by atoms with Crippen molar-refractivity contribution in [1.82, 2.24) is 9.88 Å². The second-order valence-corrected chi connectivity index (χ2v) is 8.30. The minimum Gasteiger partial charge on any atom is -0.355 e. The van der Waals surface area contributed by atoms with Gasteiger partial charge in [-0.15, -0.1) is 11.3 Å². The van der Waals surface area contributed by atoms with Crippen LogP contribution in [0.5, 0.6) is 0 Å². The SMILES string of the molecule is Cc1sc(-c2ccno2)cc1S(=O)(=O)NC1CCCCC1. The third-order valence-corrected chi connectivity index (χ3v) is 6.61. The molecule has 0 aromatic carbocycles. The van der Waals surface area contributed by atoms with Crippen molar-refractivity contribution in [1.29, 1.82) is 0 Å². The van der Waals surface area contributed by atoms with Gasteiger partial charge in [-0.2, -0.15) is 0 Å². The van der Waals surface area contributed by atoms with Crippen LogP contribution in [0.25, 0.3) is 10.6 Å². The molecule has 0 radical (unpaired) electrons. The molecule has 7 heteroatoms. The molecule has 5 nitrogen and oxygen atoms in total. The maximum Gasteiger partial charge on any atom is 0.241 e. The molecule has 0 amide bonds. The molecule has 3 rings (SSSR count). The van der Waals surface area contributed by atoms with Gasteiger partial charge in [-0.1, -0.05) is 24.4 Å². The van der Waals surface area contributed by atoms with Gasteiger partial charge in [-0.25, -0.2) is 13.1 Å². The van der Waals surface area contributed by atoms with Crippen molar-refractivity contribution >= 4 is 21.4 Å². The third kappa shape index (κ3) is 3.20. The molecule has 2 heterocycles. The van der Waals surface area contributed by atoms with E-state index in [0.29, 0.717) is 10.7 Å². The van der Waals surface area contributed by atoms with Crippen molar-refractivity contribution < 1.29 is 12.9 Å². The highest BCUT2D eigenvalue weighted by Crippen LogP contribution is 2.33. The summed E-state index contributed by atoms with van der Waals surface area (Å²) in [6.07, 6.45) is 6.80. The predicted molar refractivity (Wildman–Crippen MR) is 81.7 cm³/mol. The number of sulfonamides is 1. The number of nitrogens with zero attached hydrogens (tertiary/aromatic N) is 1. The average molecular weight is 326 g/mol. The minimum atomic E-state index is -3.46. The molecular formula is C14H18N2O3S2. The zero-order valence-corrected chi connectivity index (χ0v) is 13.5. The van der Waals surface area contributed by atoms with E-state index in [0.717, 1.165) is 35.4 Å². The molecule has 21 heavy (non-hydrogen) atoms. The molecule has 1 aliphatic carbocycles. The van der Waals surface area contributed by atoms with Crippen molar-refractivity contribution in [3.63, 3.8) is 0 Å². The first-order valence-electron chi connectivity index (χ1n) is 7.10. The van der Waals surface area contributed by atoms with Gasteiger partial charge in [0.05, 0.1) is 16.0 Å². The standard InChI is InChI=1S/C14H18N2O3S2/c1-10-14(9-13(20-10)12-7-8-15-19-12)21(17,18)16-11-5-3-2-4-6-11/h7-9,11,16H,2-6H2,1H3.